The lowest BCUT2D eigenvalue weighted by Gasteiger charge is -2.26. The first-order valence-corrected chi connectivity index (χ1v) is 10.0. The molecule has 0 aliphatic carbocycles. The van der Waals surface area contributed by atoms with E-state index in [1.54, 1.807) is 36.4 Å². The third-order valence-electron chi connectivity index (χ3n) is 4.94. The SMILES string of the molecule is O=C1NC(=O)N(c2cccc(F)c2)C(=O)C1=Cc1ccc(OCc2cccc(C(=O)O)c2)cc1. The molecule has 1 aliphatic rings. The summed E-state index contributed by atoms with van der Waals surface area (Å²) >= 11 is 0. The third-order valence-corrected chi connectivity index (χ3v) is 4.94. The van der Waals surface area contributed by atoms with Crippen LogP contribution in [0, 0.1) is 5.82 Å². The minimum atomic E-state index is -1.03. The van der Waals surface area contributed by atoms with Crippen molar-refractivity contribution in [3.63, 3.8) is 0 Å². The number of carboxylic acids is 1. The number of amides is 4. The lowest BCUT2D eigenvalue weighted by atomic mass is 10.1. The van der Waals surface area contributed by atoms with E-state index in [2.05, 4.69) is 5.32 Å². The fraction of sp³-hybridized carbons (Fsp3) is 0.0400. The van der Waals surface area contributed by atoms with E-state index in [4.69, 9.17) is 9.84 Å². The van der Waals surface area contributed by atoms with Crippen molar-refractivity contribution in [2.24, 2.45) is 0 Å². The minimum absolute atomic E-state index is 0.00313. The van der Waals surface area contributed by atoms with Crippen LogP contribution in [0.15, 0.2) is 78.4 Å². The summed E-state index contributed by atoms with van der Waals surface area (Å²) < 4.78 is 19.2. The molecule has 9 heteroatoms. The second kappa shape index (κ2) is 9.37. The molecule has 1 heterocycles. The van der Waals surface area contributed by atoms with E-state index in [0.717, 1.165) is 6.07 Å². The molecule has 0 unspecified atom stereocenters. The lowest BCUT2D eigenvalue weighted by Crippen LogP contribution is -2.54. The van der Waals surface area contributed by atoms with Gasteiger partial charge in [0.1, 0.15) is 23.7 Å². The molecule has 4 rings (SSSR count). The number of barbiturate groups is 1. The number of anilines is 1. The Morgan fingerprint density at radius 3 is 2.44 bits per heavy atom. The van der Waals surface area contributed by atoms with Gasteiger partial charge in [0.25, 0.3) is 11.8 Å². The van der Waals surface area contributed by atoms with Gasteiger partial charge >= 0.3 is 12.0 Å². The molecule has 0 aromatic heterocycles. The van der Waals surface area contributed by atoms with E-state index in [9.17, 15) is 23.6 Å². The van der Waals surface area contributed by atoms with Gasteiger partial charge in [-0.05, 0) is 59.7 Å². The second-order valence-corrected chi connectivity index (χ2v) is 7.30. The maximum atomic E-state index is 13.6. The molecule has 3 aromatic rings. The molecule has 3 aromatic carbocycles. The molecule has 2 N–H and O–H groups in total. The monoisotopic (exact) mass is 460 g/mol. The predicted molar refractivity (Wildman–Crippen MR) is 120 cm³/mol. The molecule has 0 saturated carbocycles. The highest BCUT2D eigenvalue weighted by Crippen LogP contribution is 2.23. The summed E-state index contributed by atoms with van der Waals surface area (Å²) in [4.78, 5) is 49.1. The molecular weight excluding hydrogens is 443 g/mol. The number of halogens is 1. The average molecular weight is 460 g/mol. The summed E-state index contributed by atoms with van der Waals surface area (Å²) in [6.07, 6.45) is 1.32. The summed E-state index contributed by atoms with van der Waals surface area (Å²) in [5.74, 6) is -2.91. The average Bonchev–Trinajstić information content (AvgIpc) is 2.81. The van der Waals surface area contributed by atoms with Crippen molar-refractivity contribution < 1.29 is 33.4 Å². The zero-order valence-electron chi connectivity index (χ0n) is 17.5. The first-order valence-electron chi connectivity index (χ1n) is 10.0. The van der Waals surface area contributed by atoms with Gasteiger partial charge in [0.15, 0.2) is 0 Å². The van der Waals surface area contributed by atoms with E-state index in [0.29, 0.717) is 21.8 Å². The summed E-state index contributed by atoms with van der Waals surface area (Å²) in [7, 11) is 0. The molecule has 0 radical (unpaired) electrons. The number of carbonyl (C=O) groups is 4. The molecule has 0 spiro atoms. The number of hydrogen-bond acceptors (Lipinski definition) is 5. The lowest BCUT2D eigenvalue weighted by molar-refractivity contribution is -0.122. The number of urea groups is 1. The zero-order valence-corrected chi connectivity index (χ0v) is 17.5. The van der Waals surface area contributed by atoms with Crippen molar-refractivity contribution in [1.82, 2.24) is 5.32 Å². The van der Waals surface area contributed by atoms with E-state index >= 15 is 0 Å². The molecule has 34 heavy (non-hydrogen) atoms. The van der Waals surface area contributed by atoms with Crippen molar-refractivity contribution in [2.75, 3.05) is 4.90 Å². The fourth-order valence-electron chi connectivity index (χ4n) is 3.29. The number of nitrogens with zero attached hydrogens (tertiary/aromatic N) is 1. The van der Waals surface area contributed by atoms with Crippen LogP contribution >= 0.6 is 0 Å². The molecule has 170 valence electrons. The number of carboxylic acid groups (broad SMARTS) is 1. The van der Waals surface area contributed by atoms with Crippen LogP contribution in [0.3, 0.4) is 0 Å². The quantitative estimate of drug-likeness (QED) is 0.428. The van der Waals surface area contributed by atoms with Crippen LogP contribution in [-0.2, 0) is 16.2 Å². The van der Waals surface area contributed by atoms with Gasteiger partial charge in [-0.1, -0.05) is 30.3 Å². The standard InChI is InChI=1S/C25H17FN2O6/c26-18-5-2-6-19(13-18)28-23(30)21(22(29)27-25(28)33)12-15-7-9-20(10-8-15)34-14-16-3-1-4-17(11-16)24(31)32/h1-13H,14H2,(H,31,32)(H,27,29,33). The first kappa shape index (κ1) is 22.4. The van der Waals surface area contributed by atoms with Gasteiger partial charge in [-0.25, -0.2) is 18.9 Å². The summed E-state index contributed by atoms with van der Waals surface area (Å²) in [6, 6.07) is 16.8. The van der Waals surface area contributed by atoms with Crippen molar-refractivity contribution in [3.05, 3.63) is 101 Å². The van der Waals surface area contributed by atoms with Gasteiger partial charge in [-0.2, -0.15) is 0 Å². The van der Waals surface area contributed by atoms with Gasteiger partial charge in [0, 0.05) is 0 Å². The van der Waals surface area contributed by atoms with E-state index < -0.39 is 29.6 Å². The van der Waals surface area contributed by atoms with Crippen molar-refractivity contribution >= 4 is 35.6 Å². The second-order valence-electron chi connectivity index (χ2n) is 7.30. The summed E-state index contributed by atoms with van der Waals surface area (Å²) in [5, 5.41) is 11.1. The van der Waals surface area contributed by atoms with Crippen LogP contribution in [0.2, 0.25) is 0 Å². The first-order chi connectivity index (χ1) is 16.3. The van der Waals surface area contributed by atoms with Gasteiger partial charge in [-0.3, -0.25) is 14.9 Å². The molecule has 1 aliphatic heterocycles. The van der Waals surface area contributed by atoms with E-state index in [1.165, 1.54) is 36.4 Å². The highest BCUT2D eigenvalue weighted by atomic mass is 19.1. The van der Waals surface area contributed by atoms with Crippen LogP contribution in [0.25, 0.3) is 6.08 Å². The molecule has 1 saturated heterocycles. The van der Waals surface area contributed by atoms with Crippen LogP contribution in [0.1, 0.15) is 21.5 Å². The third kappa shape index (κ3) is 4.83. The highest BCUT2D eigenvalue weighted by Gasteiger charge is 2.36. The Morgan fingerprint density at radius 2 is 1.74 bits per heavy atom. The minimum Gasteiger partial charge on any atom is -0.489 e. The Kier molecular flexibility index (Phi) is 6.18. The Balaban J connectivity index is 1.50. The maximum absolute atomic E-state index is 13.6. The Hall–Kier alpha value is -4.79. The van der Waals surface area contributed by atoms with Crippen molar-refractivity contribution in [2.45, 2.75) is 6.61 Å². The van der Waals surface area contributed by atoms with Crippen LogP contribution in [0.5, 0.6) is 5.75 Å². The Bertz CT molecular complexity index is 1330. The summed E-state index contributed by atoms with van der Waals surface area (Å²) in [6.45, 7) is 0.146. The van der Waals surface area contributed by atoms with Gasteiger partial charge in [-0.15, -0.1) is 0 Å². The number of rotatable bonds is 6. The van der Waals surface area contributed by atoms with Crippen LogP contribution in [0.4, 0.5) is 14.9 Å². The maximum Gasteiger partial charge on any atom is 0.335 e. The zero-order chi connectivity index (χ0) is 24.2. The smallest absolute Gasteiger partial charge is 0.335 e. The number of imide groups is 2. The number of ether oxygens (including phenoxy) is 1. The van der Waals surface area contributed by atoms with E-state index in [-0.39, 0.29) is 23.4 Å². The Labute approximate surface area is 192 Å². The number of nitrogens with one attached hydrogen (secondary N) is 1. The normalized spacial score (nSPS) is 14.8. The number of carbonyl (C=O) groups excluding carboxylic acids is 3. The van der Waals surface area contributed by atoms with Gasteiger partial charge in [0.2, 0.25) is 0 Å². The molecule has 8 nitrogen and oxygen atoms in total. The van der Waals surface area contributed by atoms with Crippen LogP contribution < -0.4 is 15.0 Å². The van der Waals surface area contributed by atoms with Gasteiger partial charge < -0.3 is 9.84 Å². The fourth-order valence-corrected chi connectivity index (χ4v) is 3.29. The number of benzene rings is 3. The largest absolute Gasteiger partial charge is 0.489 e. The predicted octanol–water partition coefficient (Wildman–Crippen LogP) is 3.77. The molecule has 0 atom stereocenters. The Morgan fingerprint density at radius 1 is 1.00 bits per heavy atom. The molecular formula is C25H17FN2O6. The highest BCUT2D eigenvalue weighted by molar-refractivity contribution is 6.39. The molecule has 0 bridgehead atoms. The van der Waals surface area contributed by atoms with Crippen LogP contribution in [-0.4, -0.2) is 28.9 Å². The number of hydrogen-bond donors (Lipinski definition) is 2. The van der Waals surface area contributed by atoms with E-state index in [1.807, 2.05) is 0 Å². The topological polar surface area (TPSA) is 113 Å². The summed E-state index contributed by atoms with van der Waals surface area (Å²) in [5.41, 5.74) is 1.04. The van der Waals surface area contributed by atoms with Crippen molar-refractivity contribution in [1.29, 1.82) is 0 Å². The van der Waals surface area contributed by atoms with Gasteiger partial charge in [0.05, 0.1) is 11.3 Å². The molecule has 1 fully saturated rings. The van der Waals surface area contributed by atoms with Crippen molar-refractivity contribution in [3.8, 4) is 5.75 Å². The number of aromatic carboxylic acids is 1. The molecule has 4 amide bonds.